The van der Waals surface area contributed by atoms with Crippen LogP contribution in [0.5, 0.6) is 0 Å². The number of hydrogen-bond acceptors (Lipinski definition) is 1. The Balaban J connectivity index is 1.22. The number of rotatable bonds is 5. The molecule has 1 nitrogen and oxygen atoms in total. The number of anilines is 2. The molecule has 52 heavy (non-hydrogen) atoms. The van der Waals surface area contributed by atoms with Crippen LogP contribution in [0.2, 0.25) is 0 Å². The molecule has 1 heteroatoms. The zero-order valence-electron chi connectivity index (χ0n) is 29.6. The van der Waals surface area contributed by atoms with Crippen molar-refractivity contribution in [2.24, 2.45) is 0 Å². The topological polar surface area (TPSA) is 3.24 Å². The molecule has 0 saturated carbocycles. The summed E-state index contributed by atoms with van der Waals surface area (Å²) in [4.78, 5) is 2.66. The van der Waals surface area contributed by atoms with Crippen molar-refractivity contribution >= 4 is 16.9 Å². The van der Waals surface area contributed by atoms with E-state index in [4.69, 9.17) is 0 Å². The van der Waals surface area contributed by atoms with Crippen molar-refractivity contribution in [1.82, 2.24) is 0 Å². The van der Waals surface area contributed by atoms with Crippen molar-refractivity contribution in [3.05, 3.63) is 221 Å². The highest BCUT2D eigenvalue weighted by Crippen LogP contribution is 2.64. The van der Waals surface area contributed by atoms with Gasteiger partial charge in [0.25, 0.3) is 0 Å². The van der Waals surface area contributed by atoms with Crippen LogP contribution in [-0.2, 0) is 5.41 Å². The molecular formula is C51H39N. The monoisotopic (exact) mass is 665 g/mol. The van der Waals surface area contributed by atoms with E-state index in [2.05, 4.69) is 201 Å². The maximum atomic E-state index is 2.66. The van der Waals surface area contributed by atoms with E-state index >= 15 is 0 Å². The van der Waals surface area contributed by atoms with Crippen molar-refractivity contribution in [3.63, 3.8) is 0 Å². The minimum Gasteiger partial charge on any atom is -0.333 e. The highest BCUT2D eigenvalue weighted by atomic mass is 15.2. The lowest BCUT2D eigenvalue weighted by Crippen LogP contribution is -2.35. The smallest absolute Gasteiger partial charge is 0.0722 e. The highest BCUT2D eigenvalue weighted by molar-refractivity contribution is 5.98. The predicted octanol–water partition coefficient (Wildman–Crippen LogP) is 12.9. The predicted molar refractivity (Wildman–Crippen MR) is 218 cm³/mol. The Morgan fingerprint density at radius 2 is 0.942 bits per heavy atom. The SMILES string of the molecule is Cc1cc(-c2ccccc2)cc(C)c1N(c1ccc(-c2ccccc2)cc1)C1CC=CC2=C1c1ccccc1C21c2ccccc2-c2ccccc21. The molecule has 0 amide bonds. The molecule has 0 fully saturated rings. The van der Waals surface area contributed by atoms with Crippen molar-refractivity contribution in [2.45, 2.75) is 31.7 Å². The summed E-state index contributed by atoms with van der Waals surface area (Å²) in [7, 11) is 0. The van der Waals surface area contributed by atoms with Gasteiger partial charge in [-0.05, 0) is 122 Å². The summed E-state index contributed by atoms with van der Waals surface area (Å²) < 4.78 is 0. The zero-order chi connectivity index (χ0) is 34.8. The molecule has 10 rings (SSSR count). The summed E-state index contributed by atoms with van der Waals surface area (Å²) in [6.07, 6.45) is 5.81. The molecule has 0 radical (unpaired) electrons. The third kappa shape index (κ3) is 4.42. The summed E-state index contributed by atoms with van der Waals surface area (Å²) in [6.45, 7) is 4.59. The Hall–Kier alpha value is -6.18. The van der Waals surface area contributed by atoms with Gasteiger partial charge in [0, 0.05) is 11.4 Å². The first-order valence-corrected chi connectivity index (χ1v) is 18.5. The summed E-state index contributed by atoms with van der Waals surface area (Å²) in [5, 5.41) is 0. The van der Waals surface area contributed by atoms with E-state index in [0.29, 0.717) is 0 Å². The first kappa shape index (κ1) is 30.6. The highest BCUT2D eigenvalue weighted by Gasteiger charge is 2.54. The molecule has 0 N–H and O–H groups in total. The van der Waals surface area contributed by atoms with Gasteiger partial charge in [-0.1, -0.05) is 158 Å². The van der Waals surface area contributed by atoms with Crippen molar-refractivity contribution in [2.75, 3.05) is 4.90 Å². The average molecular weight is 666 g/mol. The van der Waals surface area contributed by atoms with E-state index in [1.54, 1.807) is 0 Å². The molecule has 7 aromatic carbocycles. The number of hydrogen-bond donors (Lipinski definition) is 0. The van der Waals surface area contributed by atoms with Crippen molar-refractivity contribution in [3.8, 4) is 33.4 Å². The Morgan fingerprint density at radius 3 is 1.52 bits per heavy atom. The van der Waals surface area contributed by atoms with Crippen LogP contribution in [0.25, 0.3) is 39.0 Å². The second-order valence-electron chi connectivity index (χ2n) is 14.5. The lowest BCUT2D eigenvalue weighted by Gasteiger charge is -2.39. The first-order valence-electron chi connectivity index (χ1n) is 18.5. The van der Waals surface area contributed by atoms with Crippen LogP contribution in [0.3, 0.4) is 0 Å². The number of fused-ring (bicyclic) bond motifs is 9. The molecule has 0 bridgehead atoms. The number of nitrogens with zero attached hydrogens (tertiary/aromatic N) is 1. The quantitative estimate of drug-likeness (QED) is 0.177. The lowest BCUT2D eigenvalue weighted by atomic mass is 9.69. The van der Waals surface area contributed by atoms with E-state index in [0.717, 1.165) is 6.42 Å². The first-order chi connectivity index (χ1) is 25.6. The molecule has 0 heterocycles. The van der Waals surface area contributed by atoms with E-state index in [9.17, 15) is 0 Å². The summed E-state index contributed by atoms with van der Waals surface area (Å²) in [5.41, 5.74) is 20.7. The van der Waals surface area contributed by atoms with Gasteiger partial charge in [-0.15, -0.1) is 0 Å². The van der Waals surface area contributed by atoms with Gasteiger partial charge in [-0.3, -0.25) is 0 Å². The second kappa shape index (κ2) is 12.0. The number of aryl methyl sites for hydroxylation is 2. The molecule has 3 aliphatic rings. The molecule has 248 valence electrons. The zero-order valence-corrected chi connectivity index (χ0v) is 29.6. The fourth-order valence-corrected chi connectivity index (χ4v) is 9.64. The Morgan fingerprint density at radius 1 is 0.481 bits per heavy atom. The number of allylic oxidation sites excluding steroid dienone is 2. The molecule has 3 aliphatic carbocycles. The van der Waals surface area contributed by atoms with Crippen LogP contribution in [0.1, 0.15) is 39.8 Å². The molecule has 1 atom stereocenters. The van der Waals surface area contributed by atoms with Gasteiger partial charge in [-0.2, -0.15) is 0 Å². The third-order valence-corrected chi connectivity index (χ3v) is 11.6. The van der Waals surface area contributed by atoms with Crippen LogP contribution in [0.15, 0.2) is 188 Å². The van der Waals surface area contributed by atoms with Gasteiger partial charge in [0.1, 0.15) is 0 Å². The summed E-state index contributed by atoms with van der Waals surface area (Å²) >= 11 is 0. The second-order valence-corrected chi connectivity index (χ2v) is 14.5. The fourth-order valence-electron chi connectivity index (χ4n) is 9.64. The minimum absolute atomic E-state index is 0.0861. The van der Waals surface area contributed by atoms with Gasteiger partial charge < -0.3 is 4.90 Å². The van der Waals surface area contributed by atoms with Crippen molar-refractivity contribution in [1.29, 1.82) is 0 Å². The standard InChI is InChI=1S/C51H39N/c1-34-32-39(37-18-7-4-8-19-37)33-35(2)50(34)52(40-30-28-38(29-31-40)36-16-5-3-6-17-36)48-27-15-26-47-49(48)43-22-11-14-25-46(43)51(47)44-23-12-9-20-41(44)42-21-10-13-24-45(42)51/h3-26,28-33,48H,27H2,1-2H3. The lowest BCUT2D eigenvalue weighted by molar-refractivity contribution is 0.756. The maximum Gasteiger partial charge on any atom is 0.0722 e. The fraction of sp³-hybridized carbons (Fsp3) is 0.0980. The Kier molecular flexibility index (Phi) is 7.05. The van der Waals surface area contributed by atoms with Gasteiger partial charge in [0.15, 0.2) is 0 Å². The molecule has 7 aromatic rings. The van der Waals surface area contributed by atoms with Crippen LogP contribution in [0.4, 0.5) is 11.4 Å². The van der Waals surface area contributed by atoms with E-state index in [1.165, 1.54) is 89.3 Å². The molecule has 1 spiro atoms. The Bertz CT molecular complexity index is 2490. The van der Waals surface area contributed by atoms with E-state index < -0.39 is 0 Å². The minimum atomic E-state index is -0.363. The maximum absolute atomic E-state index is 2.66. The van der Waals surface area contributed by atoms with Gasteiger partial charge in [-0.25, -0.2) is 0 Å². The normalized spacial score (nSPS) is 16.0. The average Bonchev–Trinajstić information content (AvgIpc) is 3.68. The summed E-state index contributed by atoms with van der Waals surface area (Å²) in [5.74, 6) is 0. The van der Waals surface area contributed by atoms with Crippen LogP contribution in [-0.4, -0.2) is 6.04 Å². The Labute approximate surface area is 306 Å². The summed E-state index contributed by atoms with van der Waals surface area (Å²) in [6, 6.07) is 63.0. The third-order valence-electron chi connectivity index (χ3n) is 11.6. The van der Waals surface area contributed by atoms with Crippen LogP contribution >= 0.6 is 0 Å². The molecule has 0 aliphatic heterocycles. The molecule has 0 aromatic heterocycles. The van der Waals surface area contributed by atoms with Gasteiger partial charge in [0.2, 0.25) is 0 Å². The molecule has 0 saturated heterocycles. The largest absolute Gasteiger partial charge is 0.333 e. The van der Waals surface area contributed by atoms with E-state index in [-0.39, 0.29) is 11.5 Å². The van der Waals surface area contributed by atoms with Gasteiger partial charge >= 0.3 is 0 Å². The van der Waals surface area contributed by atoms with Crippen LogP contribution in [0, 0.1) is 13.8 Å². The van der Waals surface area contributed by atoms with Gasteiger partial charge in [0.05, 0.1) is 11.5 Å². The van der Waals surface area contributed by atoms with E-state index in [1.807, 2.05) is 0 Å². The number of benzene rings is 7. The molecular weight excluding hydrogens is 627 g/mol. The van der Waals surface area contributed by atoms with Crippen LogP contribution < -0.4 is 4.90 Å². The van der Waals surface area contributed by atoms with Crippen molar-refractivity contribution < 1.29 is 0 Å². The molecule has 1 unspecified atom stereocenters.